The molecule has 3 N–H and O–H groups in total. The zero-order valence-corrected chi connectivity index (χ0v) is 16.3. The minimum atomic E-state index is -4.45. The lowest BCUT2D eigenvalue weighted by molar-refractivity contribution is -0.138. The summed E-state index contributed by atoms with van der Waals surface area (Å²) >= 11 is 0. The van der Waals surface area contributed by atoms with Gasteiger partial charge >= 0.3 is 12.1 Å². The fraction of sp³-hybridized carbons (Fsp3) is 0.190. The summed E-state index contributed by atoms with van der Waals surface area (Å²) in [6.45, 7) is -0.893. The maximum atomic E-state index is 12.8. The number of carbonyl (C=O) groups is 2. The molecule has 0 bridgehead atoms. The number of aromatic hydroxyl groups is 1. The van der Waals surface area contributed by atoms with Crippen LogP contribution in [0.5, 0.6) is 5.75 Å². The molecule has 0 aliphatic carbocycles. The van der Waals surface area contributed by atoms with Crippen molar-refractivity contribution >= 4 is 22.8 Å². The number of fused-ring (bicyclic) bond motifs is 1. The van der Waals surface area contributed by atoms with E-state index >= 15 is 0 Å². The summed E-state index contributed by atoms with van der Waals surface area (Å²) in [5.74, 6) is -3.07. The average molecular weight is 450 g/mol. The predicted octanol–water partition coefficient (Wildman–Crippen LogP) is 2.21. The zero-order valence-electron chi connectivity index (χ0n) is 16.3. The van der Waals surface area contributed by atoms with E-state index in [2.05, 4.69) is 0 Å². The van der Waals surface area contributed by atoms with Gasteiger partial charge < -0.3 is 20.4 Å². The normalized spacial score (nSPS) is 11.3. The van der Waals surface area contributed by atoms with Gasteiger partial charge in [0.2, 0.25) is 0 Å². The Kier molecular flexibility index (Phi) is 6.37. The average Bonchev–Trinajstić information content (AvgIpc) is 2.74. The van der Waals surface area contributed by atoms with Crippen molar-refractivity contribution in [1.82, 2.24) is 10.0 Å². The van der Waals surface area contributed by atoms with E-state index in [1.54, 1.807) is 12.1 Å². The predicted molar refractivity (Wildman–Crippen MR) is 106 cm³/mol. The van der Waals surface area contributed by atoms with Crippen molar-refractivity contribution < 1.29 is 37.8 Å². The van der Waals surface area contributed by atoms with Crippen molar-refractivity contribution in [3.8, 4) is 5.75 Å². The number of aromatic nitrogens is 1. The van der Waals surface area contributed by atoms with Crippen molar-refractivity contribution in [1.29, 1.82) is 0 Å². The Labute approximate surface area is 178 Å². The number of rotatable bonds is 7. The van der Waals surface area contributed by atoms with Crippen molar-refractivity contribution in [2.75, 3.05) is 13.2 Å². The van der Waals surface area contributed by atoms with Crippen molar-refractivity contribution in [3.05, 3.63) is 75.6 Å². The highest BCUT2D eigenvalue weighted by atomic mass is 19.4. The first-order chi connectivity index (χ1) is 15.1. The van der Waals surface area contributed by atoms with Crippen LogP contribution >= 0.6 is 0 Å². The number of carboxylic acid groups (broad SMARTS) is 1. The molecule has 11 heteroatoms. The second kappa shape index (κ2) is 9.00. The highest BCUT2D eigenvalue weighted by Crippen LogP contribution is 2.29. The molecule has 0 spiro atoms. The second-order valence-electron chi connectivity index (χ2n) is 6.69. The van der Waals surface area contributed by atoms with Crippen LogP contribution in [0.3, 0.4) is 0 Å². The van der Waals surface area contributed by atoms with Crippen molar-refractivity contribution in [3.63, 3.8) is 0 Å². The Morgan fingerprint density at radius 3 is 2.34 bits per heavy atom. The molecule has 8 nitrogen and oxygen atoms in total. The van der Waals surface area contributed by atoms with Crippen LogP contribution in [0.15, 0.2) is 53.3 Å². The third-order valence-corrected chi connectivity index (χ3v) is 4.53. The molecule has 0 fully saturated rings. The van der Waals surface area contributed by atoms with E-state index in [-0.39, 0.29) is 23.9 Å². The summed E-state index contributed by atoms with van der Waals surface area (Å²) < 4.78 is 38.8. The number of halogens is 3. The van der Waals surface area contributed by atoms with Crippen LogP contribution in [0.1, 0.15) is 21.5 Å². The first-order valence-electron chi connectivity index (χ1n) is 9.25. The number of carbonyl (C=O) groups excluding carboxylic acids is 1. The van der Waals surface area contributed by atoms with E-state index in [9.17, 15) is 32.7 Å². The number of amides is 1. The molecule has 2 aromatic carbocycles. The number of carboxylic acids is 1. The van der Waals surface area contributed by atoms with Gasteiger partial charge in [-0.25, -0.2) is 0 Å². The molecule has 0 saturated heterocycles. The van der Waals surface area contributed by atoms with E-state index in [0.717, 1.165) is 16.9 Å². The summed E-state index contributed by atoms with van der Waals surface area (Å²) in [6.07, 6.45) is -4.30. The molecular weight excluding hydrogens is 433 g/mol. The molecule has 0 aliphatic rings. The number of benzene rings is 2. The molecule has 0 radical (unpaired) electrons. The first kappa shape index (κ1) is 22.7. The van der Waals surface area contributed by atoms with E-state index in [4.69, 9.17) is 9.94 Å². The van der Waals surface area contributed by atoms with Gasteiger partial charge in [0.15, 0.2) is 5.56 Å². The topological polar surface area (TPSA) is 118 Å². The molecule has 168 valence electrons. The molecule has 0 saturated carbocycles. The first-order valence-corrected chi connectivity index (χ1v) is 9.25. The van der Waals surface area contributed by atoms with E-state index in [0.29, 0.717) is 5.56 Å². The van der Waals surface area contributed by atoms with Crippen LogP contribution in [-0.4, -0.2) is 40.0 Å². The Bertz CT molecular complexity index is 1220. The molecule has 3 aromatic rings. The third-order valence-electron chi connectivity index (χ3n) is 4.53. The van der Waals surface area contributed by atoms with Crippen LogP contribution in [0.2, 0.25) is 0 Å². The smallest absolute Gasteiger partial charge is 0.416 e. The van der Waals surface area contributed by atoms with Crippen molar-refractivity contribution in [2.24, 2.45) is 0 Å². The molecule has 0 atom stereocenters. The van der Waals surface area contributed by atoms with Crippen LogP contribution in [-0.2, 0) is 17.4 Å². The third kappa shape index (κ3) is 4.82. The van der Waals surface area contributed by atoms with Gasteiger partial charge in [-0.3, -0.25) is 14.4 Å². The maximum absolute atomic E-state index is 12.8. The lowest BCUT2D eigenvalue weighted by atomic mass is 10.1. The quantitative estimate of drug-likeness (QED) is 0.508. The number of nitrogens with one attached hydrogen (secondary N) is 1. The lowest BCUT2D eigenvalue weighted by Crippen LogP contribution is -2.38. The van der Waals surface area contributed by atoms with Gasteiger partial charge in [0.05, 0.1) is 11.1 Å². The van der Waals surface area contributed by atoms with Gasteiger partial charge in [0.1, 0.15) is 18.9 Å². The number of hydrogen-bond donors (Lipinski definition) is 3. The van der Waals surface area contributed by atoms with Gasteiger partial charge in [-0.05, 0) is 29.8 Å². The zero-order chi connectivity index (χ0) is 23.5. The molecule has 0 unspecified atom stereocenters. The standard InChI is InChI=1S/C21H17F3N2O6/c22-21(23,24)13-7-5-12(6-8-13)9-10-32-26-15-4-2-1-3-14(15)18(29)17(20(26)31)19(30)25-11-16(27)28/h1-8,29H,9-11H2,(H,25,30)(H,27,28). The highest BCUT2D eigenvalue weighted by molar-refractivity contribution is 6.02. The number of para-hydroxylation sites is 1. The molecule has 3 rings (SSSR count). The Hall–Kier alpha value is -4.02. The Morgan fingerprint density at radius 2 is 1.72 bits per heavy atom. The van der Waals surface area contributed by atoms with E-state index in [1.165, 1.54) is 24.3 Å². The van der Waals surface area contributed by atoms with Gasteiger partial charge in [-0.2, -0.15) is 13.2 Å². The number of hydrogen-bond acceptors (Lipinski definition) is 5. The summed E-state index contributed by atoms with van der Waals surface area (Å²) in [6, 6.07) is 10.5. The minimum absolute atomic E-state index is 0.113. The minimum Gasteiger partial charge on any atom is -0.506 e. The van der Waals surface area contributed by atoms with E-state index in [1.807, 2.05) is 5.32 Å². The second-order valence-corrected chi connectivity index (χ2v) is 6.69. The Morgan fingerprint density at radius 1 is 1.06 bits per heavy atom. The number of alkyl halides is 3. The summed E-state index contributed by atoms with van der Waals surface area (Å²) in [5, 5.41) is 21.3. The van der Waals surface area contributed by atoms with E-state index < -0.39 is 47.0 Å². The largest absolute Gasteiger partial charge is 0.506 e. The fourth-order valence-electron chi connectivity index (χ4n) is 2.99. The number of pyridine rings is 1. The molecule has 1 amide bonds. The van der Waals surface area contributed by atoms with Gasteiger partial charge in [0, 0.05) is 11.8 Å². The van der Waals surface area contributed by atoms with Crippen LogP contribution < -0.4 is 15.7 Å². The molecule has 1 heterocycles. The van der Waals surface area contributed by atoms with Crippen molar-refractivity contribution in [2.45, 2.75) is 12.6 Å². The van der Waals surface area contributed by atoms with Gasteiger partial charge in [-0.15, -0.1) is 4.73 Å². The lowest BCUT2D eigenvalue weighted by Gasteiger charge is -2.15. The monoisotopic (exact) mass is 450 g/mol. The highest BCUT2D eigenvalue weighted by Gasteiger charge is 2.30. The molecular formula is C21H17F3N2O6. The number of nitrogens with zero attached hydrogens (tertiary/aromatic N) is 1. The number of aliphatic carboxylic acids is 1. The molecule has 32 heavy (non-hydrogen) atoms. The fourth-order valence-corrected chi connectivity index (χ4v) is 2.99. The Balaban J connectivity index is 1.88. The molecule has 1 aromatic heterocycles. The van der Waals surface area contributed by atoms with Gasteiger partial charge in [0.25, 0.3) is 11.5 Å². The maximum Gasteiger partial charge on any atom is 0.416 e. The van der Waals surface area contributed by atoms with Crippen LogP contribution in [0, 0.1) is 0 Å². The van der Waals surface area contributed by atoms with Crippen LogP contribution in [0.4, 0.5) is 13.2 Å². The molecule has 0 aliphatic heterocycles. The summed E-state index contributed by atoms with van der Waals surface area (Å²) in [4.78, 5) is 41.3. The van der Waals surface area contributed by atoms with Gasteiger partial charge in [-0.1, -0.05) is 24.3 Å². The SMILES string of the molecule is O=C(O)CNC(=O)c1c(O)c2ccccc2n(OCCc2ccc(C(F)(F)F)cc2)c1=O. The summed E-state index contributed by atoms with van der Waals surface area (Å²) in [5.41, 5.74) is -1.83. The van der Waals surface area contributed by atoms with Crippen LogP contribution in [0.25, 0.3) is 10.9 Å². The summed E-state index contributed by atoms with van der Waals surface area (Å²) in [7, 11) is 0.